The van der Waals surface area contributed by atoms with E-state index in [1.54, 1.807) is 45.0 Å². The molecule has 1 aromatic rings. The summed E-state index contributed by atoms with van der Waals surface area (Å²) in [6.45, 7) is 5.98. The number of esters is 1. The minimum atomic E-state index is -0.594. The number of phenols is 1. The third kappa shape index (κ3) is 4.28. The summed E-state index contributed by atoms with van der Waals surface area (Å²) in [5.74, 6) is -0.309. The summed E-state index contributed by atoms with van der Waals surface area (Å²) in [7, 11) is 1.32. The van der Waals surface area contributed by atoms with E-state index in [4.69, 9.17) is 9.47 Å². The van der Waals surface area contributed by atoms with Gasteiger partial charge in [-0.3, -0.25) is 0 Å². The van der Waals surface area contributed by atoms with Crippen molar-refractivity contribution in [1.82, 2.24) is 4.90 Å². The van der Waals surface area contributed by atoms with Crippen molar-refractivity contribution in [2.75, 3.05) is 20.2 Å². The highest BCUT2D eigenvalue weighted by molar-refractivity contribution is 5.99. The van der Waals surface area contributed by atoms with E-state index in [0.29, 0.717) is 18.5 Å². The average Bonchev–Trinajstić information content (AvgIpc) is 2.52. The zero-order chi connectivity index (χ0) is 17.9. The van der Waals surface area contributed by atoms with Crippen LogP contribution in [0.4, 0.5) is 4.79 Å². The van der Waals surface area contributed by atoms with Crippen molar-refractivity contribution in [2.45, 2.75) is 32.8 Å². The molecule has 0 atom stereocenters. The van der Waals surface area contributed by atoms with Crippen LogP contribution in [0.15, 0.2) is 29.8 Å². The topological polar surface area (TPSA) is 76.1 Å². The molecule has 1 N–H and O–H groups in total. The Morgan fingerprint density at radius 3 is 2.33 bits per heavy atom. The highest BCUT2D eigenvalue weighted by atomic mass is 16.6. The van der Waals surface area contributed by atoms with E-state index in [9.17, 15) is 14.7 Å². The fraction of sp³-hybridized carbons (Fsp3) is 0.444. The van der Waals surface area contributed by atoms with E-state index < -0.39 is 17.7 Å². The summed E-state index contributed by atoms with van der Waals surface area (Å²) < 4.78 is 10.2. The van der Waals surface area contributed by atoms with E-state index in [-0.39, 0.29) is 12.3 Å². The Hall–Kier alpha value is -2.50. The van der Waals surface area contributed by atoms with Gasteiger partial charge in [-0.1, -0.05) is 12.1 Å². The van der Waals surface area contributed by atoms with Gasteiger partial charge in [-0.15, -0.1) is 0 Å². The Morgan fingerprint density at radius 1 is 1.17 bits per heavy atom. The molecule has 24 heavy (non-hydrogen) atoms. The number of benzene rings is 1. The number of rotatable bonds is 2. The molecular weight excluding hydrogens is 310 g/mol. The molecule has 0 radical (unpaired) electrons. The van der Waals surface area contributed by atoms with Crippen molar-refractivity contribution in [1.29, 1.82) is 0 Å². The maximum absolute atomic E-state index is 12.3. The maximum Gasteiger partial charge on any atom is 0.410 e. The van der Waals surface area contributed by atoms with E-state index in [1.807, 2.05) is 0 Å². The number of methoxy groups -OCH3 is 1. The predicted octanol–water partition coefficient (Wildman–Crippen LogP) is 2.96. The van der Waals surface area contributed by atoms with Gasteiger partial charge in [0.05, 0.1) is 19.2 Å². The summed E-state index contributed by atoms with van der Waals surface area (Å²) in [4.78, 5) is 25.9. The highest BCUT2D eigenvalue weighted by Crippen LogP contribution is 2.30. The van der Waals surface area contributed by atoms with Gasteiger partial charge in [0.2, 0.25) is 0 Å². The molecular formula is C18H23NO5. The Labute approximate surface area is 141 Å². The van der Waals surface area contributed by atoms with Crippen molar-refractivity contribution in [3.8, 4) is 5.75 Å². The molecule has 0 bridgehead atoms. The van der Waals surface area contributed by atoms with Gasteiger partial charge >= 0.3 is 12.1 Å². The minimum Gasteiger partial charge on any atom is -0.508 e. The molecule has 0 aromatic heterocycles. The fourth-order valence-electron chi connectivity index (χ4n) is 2.54. The van der Waals surface area contributed by atoms with Crippen LogP contribution in [0.3, 0.4) is 0 Å². The van der Waals surface area contributed by atoms with Gasteiger partial charge in [0.25, 0.3) is 0 Å². The van der Waals surface area contributed by atoms with Crippen LogP contribution in [0.25, 0.3) is 5.57 Å². The van der Waals surface area contributed by atoms with Crippen LogP contribution in [-0.4, -0.2) is 47.9 Å². The lowest BCUT2D eigenvalue weighted by Gasteiger charge is -2.32. The summed E-state index contributed by atoms with van der Waals surface area (Å²) in [5, 5.41) is 9.42. The maximum atomic E-state index is 12.3. The fourth-order valence-corrected chi connectivity index (χ4v) is 2.54. The number of carbonyl (C=O) groups is 2. The molecule has 0 fully saturated rings. The van der Waals surface area contributed by atoms with Crippen LogP contribution >= 0.6 is 0 Å². The Kier molecular flexibility index (Phi) is 5.17. The largest absolute Gasteiger partial charge is 0.508 e. The summed E-state index contributed by atoms with van der Waals surface area (Å²) in [6, 6.07) is 6.63. The van der Waals surface area contributed by atoms with E-state index in [2.05, 4.69) is 0 Å². The number of aromatic hydroxyl groups is 1. The molecule has 1 amide bonds. The average molecular weight is 333 g/mol. The summed E-state index contributed by atoms with van der Waals surface area (Å²) in [6.07, 6.45) is 0.0581. The lowest BCUT2D eigenvalue weighted by molar-refractivity contribution is -0.136. The molecule has 1 aliphatic rings. The molecule has 0 saturated carbocycles. The second-order valence-electron chi connectivity index (χ2n) is 6.65. The number of ether oxygens (including phenoxy) is 2. The molecule has 130 valence electrons. The van der Waals surface area contributed by atoms with Gasteiger partial charge in [0.1, 0.15) is 11.4 Å². The standard InChI is InChI=1S/C18H23NO5/c1-18(2,3)24-17(22)19-10-9-14(15(11-19)16(21)23-4)12-5-7-13(20)8-6-12/h5-8,20H,9-11H2,1-4H3. The van der Waals surface area contributed by atoms with Gasteiger partial charge in [0, 0.05) is 6.54 Å². The van der Waals surface area contributed by atoms with E-state index >= 15 is 0 Å². The molecule has 0 spiro atoms. The number of hydrogen-bond donors (Lipinski definition) is 1. The molecule has 1 heterocycles. The lowest BCUT2D eigenvalue weighted by atomic mass is 9.93. The van der Waals surface area contributed by atoms with Crippen molar-refractivity contribution in [2.24, 2.45) is 0 Å². The first-order valence-corrected chi connectivity index (χ1v) is 7.79. The molecule has 2 rings (SSSR count). The third-order valence-corrected chi connectivity index (χ3v) is 3.64. The zero-order valence-corrected chi connectivity index (χ0v) is 14.5. The van der Waals surface area contributed by atoms with Crippen LogP contribution < -0.4 is 0 Å². The number of hydrogen-bond acceptors (Lipinski definition) is 5. The predicted molar refractivity (Wildman–Crippen MR) is 89.5 cm³/mol. The van der Waals surface area contributed by atoms with Gasteiger partial charge in [0.15, 0.2) is 0 Å². The molecule has 1 aromatic carbocycles. The quantitative estimate of drug-likeness (QED) is 0.842. The third-order valence-electron chi connectivity index (χ3n) is 3.64. The first kappa shape index (κ1) is 17.8. The monoisotopic (exact) mass is 333 g/mol. The van der Waals surface area contributed by atoms with Gasteiger partial charge in [-0.05, 0) is 50.5 Å². The van der Waals surface area contributed by atoms with E-state index in [1.165, 1.54) is 12.0 Å². The highest BCUT2D eigenvalue weighted by Gasteiger charge is 2.30. The molecule has 6 heteroatoms. The Balaban J connectivity index is 2.30. The first-order chi connectivity index (χ1) is 11.2. The normalized spacial score (nSPS) is 15.2. The summed E-state index contributed by atoms with van der Waals surface area (Å²) >= 11 is 0. The first-order valence-electron chi connectivity index (χ1n) is 7.79. The zero-order valence-electron chi connectivity index (χ0n) is 14.5. The van der Waals surface area contributed by atoms with Crippen LogP contribution in [0, 0.1) is 0 Å². The minimum absolute atomic E-state index is 0.137. The van der Waals surface area contributed by atoms with Crippen LogP contribution in [0.5, 0.6) is 5.75 Å². The number of carbonyl (C=O) groups excluding carboxylic acids is 2. The smallest absolute Gasteiger partial charge is 0.410 e. The Morgan fingerprint density at radius 2 is 1.79 bits per heavy atom. The number of nitrogens with zero attached hydrogens (tertiary/aromatic N) is 1. The Bertz CT molecular complexity index is 655. The molecule has 6 nitrogen and oxygen atoms in total. The van der Waals surface area contributed by atoms with Crippen molar-refractivity contribution in [3.05, 3.63) is 35.4 Å². The number of phenolic OH excluding ortho intramolecular Hbond substituents is 1. The number of amides is 1. The second-order valence-corrected chi connectivity index (χ2v) is 6.65. The van der Waals surface area contributed by atoms with Crippen LogP contribution in [-0.2, 0) is 14.3 Å². The van der Waals surface area contributed by atoms with Crippen molar-refractivity contribution >= 4 is 17.6 Å². The molecule has 1 aliphatic heterocycles. The second kappa shape index (κ2) is 6.95. The SMILES string of the molecule is COC(=O)C1=C(c2ccc(O)cc2)CCN(C(=O)OC(C)(C)C)C1. The molecule has 0 unspecified atom stereocenters. The van der Waals surface area contributed by atoms with Crippen molar-refractivity contribution < 1.29 is 24.2 Å². The van der Waals surface area contributed by atoms with Gasteiger partial charge in [-0.25, -0.2) is 9.59 Å². The van der Waals surface area contributed by atoms with Crippen LogP contribution in [0.1, 0.15) is 32.8 Å². The van der Waals surface area contributed by atoms with Crippen molar-refractivity contribution in [3.63, 3.8) is 0 Å². The molecule has 0 aliphatic carbocycles. The lowest BCUT2D eigenvalue weighted by Crippen LogP contribution is -2.41. The van der Waals surface area contributed by atoms with E-state index in [0.717, 1.165) is 11.1 Å². The van der Waals surface area contributed by atoms with Gasteiger partial charge in [-0.2, -0.15) is 0 Å². The summed E-state index contributed by atoms with van der Waals surface area (Å²) in [5.41, 5.74) is 1.49. The van der Waals surface area contributed by atoms with Crippen LogP contribution in [0.2, 0.25) is 0 Å². The van der Waals surface area contributed by atoms with Gasteiger partial charge < -0.3 is 19.5 Å². The molecule has 0 saturated heterocycles.